The number of benzene rings is 2. The number of carboxylic acids is 1. The maximum Gasteiger partial charge on any atom is 0.407 e. The Morgan fingerprint density at radius 2 is 1.26 bits per heavy atom. The summed E-state index contributed by atoms with van der Waals surface area (Å²) < 4.78 is 10.8. The van der Waals surface area contributed by atoms with Gasteiger partial charge in [0.15, 0.2) is 0 Å². The number of fused-ring (bicyclic) bond motifs is 3. The van der Waals surface area contributed by atoms with Gasteiger partial charge in [0, 0.05) is 25.3 Å². The fourth-order valence-electron chi connectivity index (χ4n) is 5.85. The minimum Gasteiger partial charge on any atom is -0.480 e. The zero-order chi connectivity index (χ0) is 33.4. The molecule has 0 unspecified atom stereocenters. The Kier molecular flexibility index (Phi) is 15.1. The summed E-state index contributed by atoms with van der Waals surface area (Å²) in [5, 5.41) is 14.8. The lowest BCUT2D eigenvalue weighted by Crippen LogP contribution is -2.43. The highest BCUT2D eigenvalue weighted by atomic mass is 16.6. The van der Waals surface area contributed by atoms with Crippen LogP contribution in [0.4, 0.5) is 4.79 Å². The SMILES string of the molecule is CC(C)(C)OC(=O)CCCCCCCCCCCCC(=O)NCC[C@H](NC(=O)OCC1c2ccccc2-c2ccccc21)C(=O)O. The van der Waals surface area contributed by atoms with Crippen molar-refractivity contribution in [1.82, 2.24) is 10.6 Å². The number of alkyl carbamates (subject to hydrolysis) is 1. The van der Waals surface area contributed by atoms with Crippen LogP contribution in [0.5, 0.6) is 0 Å². The zero-order valence-electron chi connectivity index (χ0n) is 27.8. The Bertz CT molecular complexity index is 1240. The van der Waals surface area contributed by atoms with Crippen LogP contribution in [0.1, 0.15) is 121 Å². The number of nitrogens with one attached hydrogen (secondary N) is 2. The van der Waals surface area contributed by atoms with Gasteiger partial charge < -0.3 is 25.2 Å². The number of aliphatic carboxylic acids is 1. The van der Waals surface area contributed by atoms with E-state index < -0.39 is 23.7 Å². The first-order valence-corrected chi connectivity index (χ1v) is 16.9. The summed E-state index contributed by atoms with van der Waals surface area (Å²) in [5.41, 5.74) is 3.97. The first-order valence-electron chi connectivity index (χ1n) is 16.9. The van der Waals surface area contributed by atoms with E-state index in [1.165, 1.54) is 19.3 Å². The molecule has 9 heteroatoms. The smallest absolute Gasteiger partial charge is 0.407 e. The predicted molar refractivity (Wildman–Crippen MR) is 179 cm³/mol. The molecule has 46 heavy (non-hydrogen) atoms. The Morgan fingerprint density at radius 1 is 0.761 bits per heavy atom. The summed E-state index contributed by atoms with van der Waals surface area (Å²) in [4.78, 5) is 48.2. The predicted octanol–water partition coefficient (Wildman–Crippen LogP) is 7.51. The molecule has 9 nitrogen and oxygen atoms in total. The van der Waals surface area contributed by atoms with Gasteiger partial charge in [-0.3, -0.25) is 9.59 Å². The van der Waals surface area contributed by atoms with Gasteiger partial charge in [0.2, 0.25) is 5.91 Å². The van der Waals surface area contributed by atoms with Gasteiger partial charge in [0.1, 0.15) is 18.2 Å². The number of carboxylic acid groups (broad SMARTS) is 1. The van der Waals surface area contributed by atoms with E-state index in [9.17, 15) is 24.3 Å². The number of hydrogen-bond acceptors (Lipinski definition) is 6. The molecule has 0 fully saturated rings. The standard InChI is InChI=1S/C37H52N2O7/c1-37(2,3)46-34(41)23-13-11-9-7-5-4-6-8-10-12-22-33(40)38-25-24-32(35(42)43)39-36(44)45-26-31-29-20-16-14-18-27(29)28-19-15-17-21-30(28)31/h14-21,31-32H,4-13,22-26H2,1-3H3,(H,38,40)(H,39,44)(H,42,43)/t32-/m0/s1. The van der Waals surface area contributed by atoms with Gasteiger partial charge in [-0.15, -0.1) is 0 Å². The molecule has 0 saturated carbocycles. The largest absolute Gasteiger partial charge is 0.480 e. The average Bonchev–Trinajstić information content (AvgIpc) is 3.32. The Hall–Kier alpha value is -3.88. The van der Waals surface area contributed by atoms with E-state index in [4.69, 9.17) is 9.47 Å². The topological polar surface area (TPSA) is 131 Å². The molecule has 3 N–H and O–H groups in total. The second-order valence-electron chi connectivity index (χ2n) is 13.1. The molecule has 1 aliphatic rings. The van der Waals surface area contributed by atoms with Gasteiger partial charge in [-0.1, -0.05) is 99.9 Å². The van der Waals surface area contributed by atoms with Crippen LogP contribution in [0.2, 0.25) is 0 Å². The number of hydrogen-bond donors (Lipinski definition) is 3. The maximum atomic E-state index is 12.5. The number of rotatable bonds is 20. The molecule has 2 aromatic rings. The molecule has 252 valence electrons. The molecule has 2 amide bonds. The average molecular weight is 637 g/mol. The molecule has 0 bridgehead atoms. The van der Waals surface area contributed by atoms with E-state index in [1.54, 1.807) is 0 Å². The number of carbonyl (C=O) groups is 4. The molecule has 0 spiro atoms. The van der Waals surface area contributed by atoms with Crippen LogP contribution in [-0.4, -0.2) is 53.8 Å². The highest BCUT2D eigenvalue weighted by Crippen LogP contribution is 2.44. The number of amides is 2. The van der Waals surface area contributed by atoms with Crippen molar-refractivity contribution in [2.45, 2.75) is 122 Å². The Balaban J connectivity index is 1.20. The third-order valence-electron chi connectivity index (χ3n) is 8.14. The van der Waals surface area contributed by atoms with Gasteiger partial charge in [0.05, 0.1) is 0 Å². The van der Waals surface area contributed by atoms with Crippen molar-refractivity contribution < 1.29 is 33.8 Å². The van der Waals surface area contributed by atoms with Crippen LogP contribution in [0.3, 0.4) is 0 Å². The van der Waals surface area contributed by atoms with Crippen LogP contribution < -0.4 is 10.6 Å². The fraction of sp³-hybridized carbons (Fsp3) is 0.568. The molecule has 0 aliphatic heterocycles. The summed E-state index contributed by atoms with van der Waals surface area (Å²) in [5.74, 6) is -1.52. The number of ether oxygens (including phenoxy) is 2. The van der Waals surface area contributed by atoms with Crippen LogP contribution in [-0.2, 0) is 23.9 Å². The normalized spacial score (nSPS) is 12.9. The number of esters is 1. The lowest BCUT2D eigenvalue weighted by atomic mass is 9.98. The van der Waals surface area contributed by atoms with E-state index >= 15 is 0 Å². The Morgan fingerprint density at radius 3 is 1.78 bits per heavy atom. The second-order valence-corrected chi connectivity index (χ2v) is 13.1. The summed E-state index contributed by atoms with van der Waals surface area (Å²) in [7, 11) is 0. The van der Waals surface area contributed by atoms with Crippen molar-refractivity contribution in [2.24, 2.45) is 0 Å². The summed E-state index contributed by atoms with van der Waals surface area (Å²) in [6.45, 7) is 5.91. The van der Waals surface area contributed by atoms with E-state index in [-0.39, 0.29) is 37.4 Å². The molecule has 2 aromatic carbocycles. The van der Waals surface area contributed by atoms with Crippen molar-refractivity contribution >= 4 is 23.9 Å². The van der Waals surface area contributed by atoms with Crippen molar-refractivity contribution in [3.8, 4) is 11.1 Å². The van der Waals surface area contributed by atoms with Gasteiger partial charge in [0.25, 0.3) is 0 Å². The fourth-order valence-corrected chi connectivity index (χ4v) is 5.85. The molecular formula is C37H52N2O7. The minimum atomic E-state index is -1.18. The van der Waals surface area contributed by atoms with Crippen LogP contribution in [0.15, 0.2) is 48.5 Å². The first-order chi connectivity index (χ1) is 22.0. The van der Waals surface area contributed by atoms with E-state index in [1.807, 2.05) is 69.3 Å². The zero-order valence-corrected chi connectivity index (χ0v) is 27.8. The highest BCUT2D eigenvalue weighted by molar-refractivity contribution is 5.81. The molecule has 3 rings (SSSR count). The summed E-state index contributed by atoms with van der Waals surface area (Å²) in [6.07, 6.45) is 10.7. The lowest BCUT2D eigenvalue weighted by molar-refractivity contribution is -0.155. The summed E-state index contributed by atoms with van der Waals surface area (Å²) in [6, 6.07) is 14.8. The monoisotopic (exact) mass is 636 g/mol. The molecule has 1 atom stereocenters. The van der Waals surface area contributed by atoms with E-state index in [0.29, 0.717) is 12.8 Å². The second kappa shape index (κ2) is 18.9. The molecule has 0 saturated heterocycles. The van der Waals surface area contributed by atoms with Gasteiger partial charge >= 0.3 is 18.0 Å². The molecule has 0 aromatic heterocycles. The van der Waals surface area contributed by atoms with Crippen molar-refractivity contribution in [1.29, 1.82) is 0 Å². The maximum absolute atomic E-state index is 12.5. The molecule has 1 aliphatic carbocycles. The third kappa shape index (κ3) is 12.9. The summed E-state index contributed by atoms with van der Waals surface area (Å²) >= 11 is 0. The first kappa shape index (κ1) is 36.6. The molecule has 0 heterocycles. The van der Waals surface area contributed by atoms with Gasteiger partial charge in [-0.25, -0.2) is 9.59 Å². The molecular weight excluding hydrogens is 584 g/mol. The highest BCUT2D eigenvalue weighted by Gasteiger charge is 2.29. The van der Waals surface area contributed by atoms with Crippen LogP contribution in [0.25, 0.3) is 11.1 Å². The van der Waals surface area contributed by atoms with Crippen molar-refractivity contribution in [3.63, 3.8) is 0 Å². The minimum absolute atomic E-state index is 0.0618. The van der Waals surface area contributed by atoms with Crippen LogP contribution in [0, 0.1) is 0 Å². The number of unbranched alkanes of at least 4 members (excludes halogenated alkanes) is 9. The van der Waals surface area contributed by atoms with Crippen LogP contribution >= 0.6 is 0 Å². The lowest BCUT2D eigenvalue weighted by Gasteiger charge is -2.19. The van der Waals surface area contributed by atoms with Gasteiger partial charge in [-0.2, -0.15) is 0 Å². The Labute approximate surface area is 273 Å². The number of carbonyl (C=O) groups excluding carboxylic acids is 3. The molecule has 0 radical (unpaired) electrons. The third-order valence-corrected chi connectivity index (χ3v) is 8.14. The van der Waals surface area contributed by atoms with E-state index in [0.717, 1.165) is 67.2 Å². The quantitative estimate of drug-likeness (QED) is 0.101. The van der Waals surface area contributed by atoms with Crippen molar-refractivity contribution in [2.75, 3.05) is 13.2 Å². The van der Waals surface area contributed by atoms with E-state index in [2.05, 4.69) is 10.6 Å². The van der Waals surface area contributed by atoms with Crippen molar-refractivity contribution in [3.05, 3.63) is 59.7 Å². The van der Waals surface area contributed by atoms with Gasteiger partial charge in [-0.05, 0) is 62.3 Å².